The Morgan fingerprint density at radius 3 is 1.97 bits per heavy atom. The van der Waals surface area contributed by atoms with Crippen LogP contribution in [0.15, 0.2) is 60.7 Å². The summed E-state index contributed by atoms with van der Waals surface area (Å²) in [6.07, 6.45) is -0.842. The van der Waals surface area contributed by atoms with Gasteiger partial charge in [-0.25, -0.2) is 18.4 Å². The van der Waals surface area contributed by atoms with Crippen LogP contribution in [0.25, 0.3) is 11.1 Å². The maximum atomic E-state index is 13.9. The lowest BCUT2D eigenvalue weighted by Gasteiger charge is -2.25. The van der Waals surface area contributed by atoms with Crippen LogP contribution in [-0.4, -0.2) is 35.2 Å². The zero-order valence-corrected chi connectivity index (χ0v) is 18.9. The van der Waals surface area contributed by atoms with E-state index >= 15 is 0 Å². The van der Waals surface area contributed by atoms with Crippen molar-refractivity contribution in [3.63, 3.8) is 0 Å². The van der Waals surface area contributed by atoms with Crippen LogP contribution >= 0.6 is 0 Å². The van der Waals surface area contributed by atoms with Gasteiger partial charge < -0.3 is 20.5 Å². The molecule has 0 saturated heterocycles. The van der Waals surface area contributed by atoms with E-state index in [0.29, 0.717) is 12.1 Å². The number of nitrogens with one attached hydrogen (secondary N) is 2. The first-order chi connectivity index (χ1) is 16.6. The summed E-state index contributed by atoms with van der Waals surface area (Å²) >= 11 is 0. The Hall–Kier alpha value is -4.27. The Morgan fingerprint density at radius 1 is 0.943 bits per heavy atom. The number of carbonyl (C=O) groups is 3. The summed E-state index contributed by atoms with van der Waals surface area (Å²) in [6, 6.07) is 17.1. The summed E-state index contributed by atoms with van der Waals surface area (Å²) < 4.78 is 33.3. The molecule has 3 aromatic carbocycles. The zero-order valence-electron chi connectivity index (χ0n) is 18.9. The minimum absolute atomic E-state index is 0.0463. The SMILES string of the molecule is CC(C)(NC(=O)OCC1c2ccccc2-c2ccccc21)C(=O)Nc1cc(F)c(C(=O)O)c(F)c1. The van der Waals surface area contributed by atoms with E-state index in [-0.39, 0.29) is 18.2 Å². The normalized spacial score (nSPS) is 12.5. The summed E-state index contributed by atoms with van der Waals surface area (Å²) in [5.74, 6) is -5.39. The Balaban J connectivity index is 1.41. The molecule has 0 saturated carbocycles. The number of amides is 2. The second kappa shape index (κ2) is 9.17. The van der Waals surface area contributed by atoms with Gasteiger partial charge in [0.1, 0.15) is 29.3 Å². The molecule has 1 aliphatic rings. The van der Waals surface area contributed by atoms with Crippen LogP contribution in [0.4, 0.5) is 19.3 Å². The lowest BCUT2D eigenvalue weighted by molar-refractivity contribution is -0.121. The van der Waals surface area contributed by atoms with E-state index in [4.69, 9.17) is 9.84 Å². The van der Waals surface area contributed by atoms with Crippen molar-refractivity contribution in [3.05, 3.63) is 89.0 Å². The van der Waals surface area contributed by atoms with E-state index in [1.807, 2.05) is 48.5 Å². The number of aromatic carboxylic acids is 1. The third kappa shape index (κ3) is 4.70. The summed E-state index contributed by atoms with van der Waals surface area (Å²) in [5.41, 5.74) is 1.28. The van der Waals surface area contributed by atoms with Gasteiger partial charge in [-0.3, -0.25) is 4.79 Å². The van der Waals surface area contributed by atoms with Crippen molar-refractivity contribution in [3.8, 4) is 11.1 Å². The van der Waals surface area contributed by atoms with Crippen molar-refractivity contribution in [2.75, 3.05) is 11.9 Å². The topological polar surface area (TPSA) is 105 Å². The van der Waals surface area contributed by atoms with Crippen LogP contribution in [0, 0.1) is 11.6 Å². The molecule has 3 N–H and O–H groups in total. The lowest BCUT2D eigenvalue weighted by atomic mass is 9.98. The molecule has 0 unspecified atom stereocenters. The molecule has 0 radical (unpaired) electrons. The van der Waals surface area contributed by atoms with E-state index in [9.17, 15) is 23.2 Å². The molecule has 35 heavy (non-hydrogen) atoms. The average molecular weight is 480 g/mol. The molecule has 0 fully saturated rings. The molecule has 0 bridgehead atoms. The number of hydrogen-bond donors (Lipinski definition) is 3. The number of fused-ring (bicyclic) bond motifs is 3. The first-order valence-electron chi connectivity index (χ1n) is 10.8. The van der Waals surface area contributed by atoms with Gasteiger partial charge >= 0.3 is 12.1 Å². The largest absolute Gasteiger partial charge is 0.477 e. The van der Waals surface area contributed by atoms with Crippen LogP contribution < -0.4 is 10.6 Å². The van der Waals surface area contributed by atoms with Crippen molar-refractivity contribution in [1.82, 2.24) is 5.32 Å². The molecule has 7 nitrogen and oxygen atoms in total. The number of carbonyl (C=O) groups excluding carboxylic acids is 2. The quantitative estimate of drug-likeness (QED) is 0.465. The molecule has 0 aliphatic heterocycles. The molecule has 180 valence electrons. The van der Waals surface area contributed by atoms with Crippen molar-refractivity contribution in [1.29, 1.82) is 0 Å². The number of benzene rings is 3. The molecule has 1 aliphatic carbocycles. The molecule has 4 rings (SSSR count). The van der Waals surface area contributed by atoms with E-state index in [1.54, 1.807) is 0 Å². The van der Waals surface area contributed by atoms with E-state index in [1.165, 1.54) is 13.8 Å². The number of carboxylic acid groups (broad SMARTS) is 1. The summed E-state index contributed by atoms with van der Waals surface area (Å²) in [4.78, 5) is 36.1. The van der Waals surface area contributed by atoms with Crippen molar-refractivity contribution < 1.29 is 33.0 Å². The number of anilines is 1. The Kier molecular flexibility index (Phi) is 6.26. The molecule has 2 amide bonds. The molecule has 0 heterocycles. The van der Waals surface area contributed by atoms with Gasteiger partial charge in [-0.2, -0.15) is 0 Å². The molecule has 0 spiro atoms. The third-order valence-corrected chi connectivity index (χ3v) is 5.84. The van der Waals surface area contributed by atoms with Crippen molar-refractivity contribution in [2.24, 2.45) is 0 Å². The predicted octanol–water partition coefficient (Wildman–Crippen LogP) is 4.92. The van der Waals surface area contributed by atoms with Crippen LogP contribution in [-0.2, 0) is 9.53 Å². The fourth-order valence-corrected chi connectivity index (χ4v) is 4.08. The molecule has 0 atom stereocenters. The van der Waals surface area contributed by atoms with Gasteiger partial charge in [-0.05, 0) is 48.2 Å². The fourth-order valence-electron chi connectivity index (χ4n) is 4.08. The zero-order chi connectivity index (χ0) is 25.3. The Labute approximate surface area is 199 Å². The highest BCUT2D eigenvalue weighted by Gasteiger charge is 2.33. The van der Waals surface area contributed by atoms with Gasteiger partial charge in [0.2, 0.25) is 5.91 Å². The molecular formula is C26H22F2N2O5. The summed E-state index contributed by atoms with van der Waals surface area (Å²) in [5, 5.41) is 13.6. The van der Waals surface area contributed by atoms with Gasteiger partial charge in [0.05, 0.1) is 0 Å². The highest BCUT2D eigenvalue weighted by molar-refractivity contribution is 5.99. The highest BCUT2D eigenvalue weighted by atomic mass is 19.1. The van der Waals surface area contributed by atoms with Crippen LogP contribution in [0.5, 0.6) is 0 Å². The standard InChI is InChI=1S/C26H22F2N2O5/c1-26(2,24(33)29-14-11-20(27)22(23(31)32)21(28)12-14)30-25(34)35-13-19-17-9-5-3-7-15(17)16-8-4-6-10-18(16)19/h3-12,19H,13H2,1-2H3,(H,29,33)(H,30,34)(H,31,32). The predicted molar refractivity (Wildman–Crippen MR) is 124 cm³/mol. The number of halogens is 2. The average Bonchev–Trinajstić information content (AvgIpc) is 3.10. The molecule has 0 aromatic heterocycles. The summed E-state index contributed by atoms with van der Waals surface area (Å²) in [6.45, 7) is 2.83. The molecule has 3 aromatic rings. The van der Waals surface area contributed by atoms with Crippen molar-refractivity contribution in [2.45, 2.75) is 25.3 Å². The minimum atomic E-state index is -1.77. The van der Waals surface area contributed by atoms with Crippen LogP contribution in [0.1, 0.15) is 41.3 Å². The second-order valence-corrected chi connectivity index (χ2v) is 8.65. The summed E-state index contributed by atoms with van der Waals surface area (Å²) in [7, 11) is 0. The van der Waals surface area contributed by atoms with Gasteiger partial charge in [-0.15, -0.1) is 0 Å². The van der Waals surface area contributed by atoms with Gasteiger partial charge in [0.25, 0.3) is 0 Å². The number of hydrogen-bond acceptors (Lipinski definition) is 4. The smallest absolute Gasteiger partial charge is 0.408 e. The third-order valence-electron chi connectivity index (χ3n) is 5.84. The molecular weight excluding hydrogens is 458 g/mol. The Bertz CT molecular complexity index is 1270. The monoisotopic (exact) mass is 480 g/mol. The van der Waals surface area contributed by atoms with Crippen LogP contribution in [0.3, 0.4) is 0 Å². The maximum absolute atomic E-state index is 13.9. The van der Waals surface area contributed by atoms with E-state index in [2.05, 4.69) is 10.6 Å². The second-order valence-electron chi connectivity index (χ2n) is 8.65. The number of ether oxygens (including phenoxy) is 1. The number of alkyl carbamates (subject to hydrolysis) is 1. The lowest BCUT2D eigenvalue weighted by Crippen LogP contribution is -2.52. The first-order valence-corrected chi connectivity index (χ1v) is 10.8. The van der Waals surface area contributed by atoms with Gasteiger partial charge in [0, 0.05) is 11.6 Å². The van der Waals surface area contributed by atoms with E-state index in [0.717, 1.165) is 22.3 Å². The fraction of sp³-hybridized carbons (Fsp3) is 0.192. The first kappa shape index (κ1) is 23.9. The minimum Gasteiger partial charge on any atom is -0.477 e. The van der Waals surface area contributed by atoms with E-state index < -0.39 is 40.7 Å². The van der Waals surface area contributed by atoms with Gasteiger partial charge in [0.15, 0.2) is 0 Å². The number of rotatable bonds is 6. The number of carboxylic acids is 1. The van der Waals surface area contributed by atoms with Gasteiger partial charge in [-0.1, -0.05) is 48.5 Å². The van der Waals surface area contributed by atoms with Crippen molar-refractivity contribution >= 4 is 23.7 Å². The molecule has 9 heteroatoms. The Morgan fingerprint density at radius 2 is 1.46 bits per heavy atom. The van der Waals surface area contributed by atoms with Crippen LogP contribution in [0.2, 0.25) is 0 Å². The maximum Gasteiger partial charge on any atom is 0.408 e. The highest BCUT2D eigenvalue weighted by Crippen LogP contribution is 2.44.